The fourth-order valence-corrected chi connectivity index (χ4v) is 7.40. The van der Waals surface area contributed by atoms with E-state index in [0.29, 0.717) is 39.9 Å². The third kappa shape index (κ3) is 4.47. The Bertz CT molecular complexity index is 3010. The van der Waals surface area contributed by atoms with E-state index in [1.807, 2.05) is 42.5 Å². The molecule has 0 aliphatic carbocycles. The molecule has 1 heteroatoms. The van der Waals surface area contributed by atoms with E-state index in [9.17, 15) is 4.11 Å². The smallest absolute Gasteiger partial charge is 0.136 e. The van der Waals surface area contributed by atoms with Crippen LogP contribution in [0.2, 0.25) is 0 Å². The van der Waals surface area contributed by atoms with Gasteiger partial charge in [-0.3, -0.25) is 0 Å². The van der Waals surface area contributed by atoms with Crippen molar-refractivity contribution in [2.75, 3.05) is 0 Å². The summed E-state index contributed by atoms with van der Waals surface area (Å²) in [6.07, 6.45) is 0. The Labute approximate surface area is 291 Å². The molecule has 0 aliphatic heterocycles. The molecule has 1 aromatic heterocycles. The summed E-state index contributed by atoms with van der Waals surface area (Å²) in [5.41, 5.74) is 6.95. The van der Waals surface area contributed by atoms with Gasteiger partial charge in [-0.1, -0.05) is 146 Å². The maximum absolute atomic E-state index is 9.83. The van der Waals surface area contributed by atoms with E-state index in [-0.39, 0.29) is 18.1 Å². The molecule has 10 rings (SSSR count). The molecule has 1 heterocycles. The molecule has 0 N–H and O–H groups in total. The van der Waals surface area contributed by atoms with Crippen molar-refractivity contribution >= 4 is 54.3 Å². The number of hydrogen-bond acceptors (Lipinski definition) is 1. The molecule has 0 amide bonds. The van der Waals surface area contributed by atoms with Gasteiger partial charge in [0.1, 0.15) is 11.2 Å². The van der Waals surface area contributed by atoms with Crippen molar-refractivity contribution in [1.82, 2.24) is 0 Å². The van der Waals surface area contributed by atoms with Gasteiger partial charge in [-0.15, -0.1) is 0 Å². The first-order valence-electron chi connectivity index (χ1n) is 18.9. The SMILES string of the molecule is [2H]c1ccc(-c2c([2H])c(-c3ccc([2H])cc3)c([2H])c(-c3c4ccccc4c(-c4cccc5oc6cc7ccccc7cc6c45)c4ccccc34)c2[2H])cc1. The number of hydrogen-bond donors (Lipinski definition) is 0. The lowest BCUT2D eigenvalue weighted by molar-refractivity contribution is 0.669. The van der Waals surface area contributed by atoms with E-state index in [2.05, 4.69) is 60.7 Å². The van der Waals surface area contributed by atoms with Crippen molar-refractivity contribution in [1.29, 1.82) is 0 Å². The molecule has 10 aromatic rings. The molecule has 0 saturated carbocycles. The van der Waals surface area contributed by atoms with E-state index < -0.39 is 0 Å². The predicted molar refractivity (Wildman–Crippen MR) is 208 cm³/mol. The van der Waals surface area contributed by atoms with Gasteiger partial charge in [0.05, 0.1) is 6.85 Å². The van der Waals surface area contributed by atoms with Crippen LogP contribution in [0, 0.1) is 0 Å². The van der Waals surface area contributed by atoms with Gasteiger partial charge in [-0.25, -0.2) is 0 Å². The first kappa shape index (κ1) is 23.0. The quantitative estimate of drug-likeness (QED) is 0.177. The van der Waals surface area contributed by atoms with Crippen LogP contribution in [0.1, 0.15) is 6.85 Å². The number of fused-ring (bicyclic) bond motifs is 6. The standard InChI is InChI=1S/C48H30O/c1-3-14-31(15-4-1)35-26-36(32-16-5-2-6-17-32)28-37(27-35)46-38-20-9-11-22-40(38)47(41-23-12-10-21-39(41)46)42-24-13-25-44-48(42)43-29-33-18-7-8-19-34(33)30-45(43)49-44/h1-30H/i1D,2D,26D,27D,28D. The van der Waals surface area contributed by atoms with Gasteiger partial charge < -0.3 is 4.42 Å². The second-order valence-corrected chi connectivity index (χ2v) is 12.4. The fraction of sp³-hybridized carbons (Fsp3) is 0. The van der Waals surface area contributed by atoms with Crippen LogP contribution < -0.4 is 0 Å². The molecule has 0 aliphatic rings. The zero-order chi connectivity index (χ0) is 36.7. The summed E-state index contributed by atoms with van der Waals surface area (Å²) in [4.78, 5) is 0. The Morgan fingerprint density at radius 2 is 0.878 bits per heavy atom. The summed E-state index contributed by atoms with van der Waals surface area (Å²) in [7, 11) is 0. The summed E-state index contributed by atoms with van der Waals surface area (Å²) in [6.45, 7) is 0. The first-order valence-corrected chi connectivity index (χ1v) is 16.4. The molecule has 228 valence electrons. The van der Waals surface area contributed by atoms with Crippen molar-refractivity contribution < 1.29 is 11.3 Å². The highest BCUT2D eigenvalue weighted by atomic mass is 16.3. The highest BCUT2D eigenvalue weighted by molar-refractivity contribution is 6.26. The van der Waals surface area contributed by atoms with Crippen LogP contribution in [0.3, 0.4) is 0 Å². The van der Waals surface area contributed by atoms with Gasteiger partial charge in [0.2, 0.25) is 0 Å². The van der Waals surface area contributed by atoms with Crippen molar-refractivity contribution in [2.45, 2.75) is 0 Å². The van der Waals surface area contributed by atoms with Crippen molar-refractivity contribution in [3.05, 3.63) is 182 Å². The molecule has 0 unspecified atom stereocenters. The van der Waals surface area contributed by atoms with Crippen LogP contribution in [-0.2, 0) is 0 Å². The highest BCUT2D eigenvalue weighted by Crippen LogP contribution is 2.48. The topological polar surface area (TPSA) is 13.1 Å². The summed E-state index contributed by atoms with van der Waals surface area (Å²) < 4.78 is 51.9. The van der Waals surface area contributed by atoms with Crippen molar-refractivity contribution in [2.24, 2.45) is 0 Å². The maximum atomic E-state index is 9.83. The second-order valence-electron chi connectivity index (χ2n) is 12.4. The zero-order valence-corrected chi connectivity index (χ0v) is 26.3. The Morgan fingerprint density at radius 3 is 1.47 bits per heavy atom. The van der Waals surface area contributed by atoms with Gasteiger partial charge in [0.25, 0.3) is 0 Å². The predicted octanol–water partition coefficient (Wildman–Crippen LogP) is 13.7. The van der Waals surface area contributed by atoms with Gasteiger partial charge in [0, 0.05) is 10.8 Å². The molecule has 9 aromatic carbocycles. The normalized spacial score (nSPS) is 13.1. The van der Waals surface area contributed by atoms with Crippen LogP contribution in [0.5, 0.6) is 0 Å². The molecule has 49 heavy (non-hydrogen) atoms. The van der Waals surface area contributed by atoms with Crippen LogP contribution in [0.4, 0.5) is 0 Å². The first-order chi connectivity index (χ1) is 26.4. The fourth-order valence-electron chi connectivity index (χ4n) is 7.40. The minimum absolute atomic E-state index is 0.0699. The number of furan rings is 1. The third-order valence-corrected chi connectivity index (χ3v) is 9.58. The molecule has 0 fully saturated rings. The average molecular weight is 628 g/mol. The molecule has 0 spiro atoms. The summed E-state index contributed by atoms with van der Waals surface area (Å²) in [6, 6.07) is 50.0. The van der Waals surface area contributed by atoms with Crippen molar-refractivity contribution in [3.8, 4) is 44.5 Å². The van der Waals surface area contributed by atoms with E-state index >= 15 is 0 Å². The summed E-state index contributed by atoms with van der Waals surface area (Å²) in [5, 5.41) is 8.05. The number of benzene rings is 9. The van der Waals surface area contributed by atoms with E-state index in [0.717, 1.165) is 70.9 Å². The second kappa shape index (κ2) is 11.1. The monoisotopic (exact) mass is 627 g/mol. The Kier molecular flexibility index (Phi) is 5.20. The Hall–Kier alpha value is -6.44. The molecule has 0 atom stereocenters. The maximum Gasteiger partial charge on any atom is 0.136 e. The van der Waals surface area contributed by atoms with Gasteiger partial charge in [-0.05, 0) is 113 Å². The molecule has 0 bridgehead atoms. The minimum Gasteiger partial charge on any atom is -0.456 e. The highest BCUT2D eigenvalue weighted by Gasteiger charge is 2.21. The zero-order valence-electron chi connectivity index (χ0n) is 31.3. The minimum atomic E-state index is 0.0699. The molecule has 1 nitrogen and oxygen atoms in total. The lowest BCUT2D eigenvalue weighted by Gasteiger charge is -2.19. The lowest BCUT2D eigenvalue weighted by Crippen LogP contribution is -1.92. The van der Waals surface area contributed by atoms with Crippen LogP contribution in [0.15, 0.2) is 186 Å². The lowest BCUT2D eigenvalue weighted by atomic mass is 9.83. The van der Waals surface area contributed by atoms with Gasteiger partial charge >= 0.3 is 0 Å². The van der Waals surface area contributed by atoms with Gasteiger partial charge in [-0.2, -0.15) is 0 Å². The third-order valence-electron chi connectivity index (χ3n) is 9.58. The van der Waals surface area contributed by atoms with Crippen LogP contribution >= 0.6 is 0 Å². The van der Waals surface area contributed by atoms with Crippen LogP contribution in [0.25, 0.3) is 98.8 Å². The van der Waals surface area contributed by atoms with Crippen molar-refractivity contribution in [3.63, 3.8) is 0 Å². The van der Waals surface area contributed by atoms with Crippen LogP contribution in [-0.4, -0.2) is 0 Å². The molecule has 0 saturated heterocycles. The largest absolute Gasteiger partial charge is 0.456 e. The Morgan fingerprint density at radius 1 is 0.367 bits per heavy atom. The van der Waals surface area contributed by atoms with E-state index in [1.165, 1.54) is 0 Å². The summed E-state index contributed by atoms with van der Waals surface area (Å²) in [5.74, 6) is 0. The van der Waals surface area contributed by atoms with E-state index in [4.69, 9.17) is 7.16 Å². The summed E-state index contributed by atoms with van der Waals surface area (Å²) >= 11 is 0. The van der Waals surface area contributed by atoms with E-state index in [1.54, 1.807) is 48.5 Å². The van der Waals surface area contributed by atoms with Gasteiger partial charge in [0.15, 0.2) is 0 Å². The average Bonchev–Trinajstić information content (AvgIpc) is 3.56. The molecular formula is C48H30O. The molecular weight excluding hydrogens is 593 g/mol. The Balaban J connectivity index is 1.35. The number of rotatable bonds is 4. The molecule has 0 radical (unpaired) electrons.